The van der Waals surface area contributed by atoms with Gasteiger partial charge in [-0.05, 0) is 73.6 Å². The Morgan fingerprint density at radius 1 is 1.00 bits per heavy atom. The van der Waals surface area contributed by atoms with Crippen LogP contribution in [-0.4, -0.2) is 18.1 Å². The van der Waals surface area contributed by atoms with Gasteiger partial charge in [0.25, 0.3) is 5.56 Å². The fourth-order valence-corrected chi connectivity index (χ4v) is 4.61. The van der Waals surface area contributed by atoms with E-state index in [1.165, 1.54) is 17.7 Å². The minimum Gasteiger partial charge on any atom is -0.381 e. The molecule has 1 aliphatic heterocycles. The fourth-order valence-electron chi connectivity index (χ4n) is 4.61. The molecule has 0 saturated carbocycles. The highest BCUT2D eigenvalue weighted by molar-refractivity contribution is 5.85. The van der Waals surface area contributed by atoms with Crippen LogP contribution in [0.15, 0.2) is 47.3 Å². The van der Waals surface area contributed by atoms with Gasteiger partial charge in [-0.15, -0.1) is 0 Å². The SMILES string of the molecule is Cc1ccc(C)c2[nH]c(=O)c(CNc3ccc(N4C[C@H](C)C[C@@H](C)C4)cc3)cc12. The van der Waals surface area contributed by atoms with Gasteiger partial charge in [0.05, 0.1) is 5.52 Å². The van der Waals surface area contributed by atoms with E-state index < -0.39 is 0 Å². The van der Waals surface area contributed by atoms with Crippen LogP contribution in [-0.2, 0) is 6.54 Å². The van der Waals surface area contributed by atoms with E-state index in [4.69, 9.17) is 0 Å². The van der Waals surface area contributed by atoms with Gasteiger partial charge in [0, 0.05) is 42.0 Å². The molecule has 4 heteroatoms. The van der Waals surface area contributed by atoms with Crippen LogP contribution < -0.4 is 15.8 Å². The van der Waals surface area contributed by atoms with Gasteiger partial charge in [-0.2, -0.15) is 0 Å². The van der Waals surface area contributed by atoms with Gasteiger partial charge < -0.3 is 15.2 Å². The standard InChI is InChI=1S/C25H31N3O/c1-16-11-17(2)15-28(14-16)22-9-7-21(8-10-22)26-13-20-12-23-18(3)5-6-19(4)24(23)27-25(20)29/h5-10,12,16-17,26H,11,13-15H2,1-4H3,(H,27,29)/t16-,17-/m1/s1. The lowest BCUT2D eigenvalue weighted by Crippen LogP contribution is -2.38. The molecule has 0 radical (unpaired) electrons. The summed E-state index contributed by atoms with van der Waals surface area (Å²) in [6.07, 6.45) is 1.31. The van der Waals surface area contributed by atoms with E-state index in [1.54, 1.807) is 0 Å². The first-order valence-electron chi connectivity index (χ1n) is 10.6. The number of H-pyrrole nitrogens is 1. The normalized spacial score (nSPS) is 19.5. The third-order valence-electron chi connectivity index (χ3n) is 6.10. The number of fused-ring (bicyclic) bond motifs is 1. The minimum absolute atomic E-state index is 0.0217. The molecule has 1 saturated heterocycles. The summed E-state index contributed by atoms with van der Waals surface area (Å²) in [5.74, 6) is 1.48. The van der Waals surface area contributed by atoms with Crippen molar-refractivity contribution in [3.63, 3.8) is 0 Å². The van der Waals surface area contributed by atoms with Gasteiger partial charge in [0.2, 0.25) is 0 Å². The zero-order chi connectivity index (χ0) is 20.5. The zero-order valence-electron chi connectivity index (χ0n) is 17.9. The topological polar surface area (TPSA) is 48.1 Å². The maximum Gasteiger partial charge on any atom is 0.253 e. The number of nitrogens with one attached hydrogen (secondary N) is 2. The number of rotatable bonds is 4. The third kappa shape index (κ3) is 4.16. The van der Waals surface area contributed by atoms with E-state index in [9.17, 15) is 4.79 Å². The van der Waals surface area contributed by atoms with Crippen molar-refractivity contribution in [2.75, 3.05) is 23.3 Å². The number of aromatic nitrogens is 1. The molecule has 1 aliphatic rings. The largest absolute Gasteiger partial charge is 0.381 e. The second-order valence-corrected chi connectivity index (χ2v) is 8.86. The van der Waals surface area contributed by atoms with Crippen molar-refractivity contribution in [1.82, 2.24) is 4.98 Å². The lowest BCUT2D eigenvalue weighted by atomic mass is 9.91. The zero-order valence-corrected chi connectivity index (χ0v) is 17.9. The molecule has 0 amide bonds. The maximum absolute atomic E-state index is 12.5. The van der Waals surface area contributed by atoms with Crippen LogP contribution >= 0.6 is 0 Å². The molecule has 2 N–H and O–H groups in total. The Labute approximate surface area is 173 Å². The Balaban J connectivity index is 1.49. The first kappa shape index (κ1) is 19.6. The first-order chi connectivity index (χ1) is 13.9. The number of aromatic amines is 1. The predicted molar refractivity (Wildman–Crippen MR) is 123 cm³/mol. The third-order valence-corrected chi connectivity index (χ3v) is 6.10. The molecule has 152 valence electrons. The van der Waals surface area contributed by atoms with E-state index in [1.807, 2.05) is 13.0 Å². The molecule has 0 unspecified atom stereocenters. The minimum atomic E-state index is -0.0217. The molecule has 0 spiro atoms. The number of hydrogen-bond donors (Lipinski definition) is 2. The van der Waals surface area contributed by atoms with Gasteiger partial charge in [-0.25, -0.2) is 0 Å². The van der Waals surface area contributed by atoms with E-state index in [0.717, 1.165) is 52.6 Å². The summed E-state index contributed by atoms with van der Waals surface area (Å²) >= 11 is 0. The van der Waals surface area contributed by atoms with Crippen molar-refractivity contribution in [2.45, 2.75) is 40.7 Å². The van der Waals surface area contributed by atoms with Crippen LogP contribution in [0.25, 0.3) is 10.9 Å². The van der Waals surface area contributed by atoms with Crippen LogP contribution in [0.2, 0.25) is 0 Å². The summed E-state index contributed by atoms with van der Waals surface area (Å²) in [6.45, 7) is 11.5. The predicted octanol–water partition coefficient (Wildman–Crippen LogP) is 5.24. The number of aryl methyl sites for hydroxylation is 2. The van der Waals surface area contributed by atoms with Gasteiger partial charge in [-0.3, -0.25) is 4.79 Å². The van der Waals surface area contributed by atoms with E-state index in [-0.39, 0.29) is 5.56 Å². The van der Waals surface area contributed by atoms with Crippen molar-refractivity contribution < 1.29 is 0 Å². The van der Waals surface area contributed by atoms with Crippen LogP contribution in [0.5, 0.6) is 0 Å². The molecule has 3 aromatic rings. The van der Waals surface area contributed by atoms with Crippen LogP contribution in [0, 0.1) is 25.7 Å². The molecule has 1 fully saturated rings. The average Bonchev–Trinajstić information content (AvgIpc) is 2.69. The van der Waals surface area contributed by atoms with Crippen molar-refractivity contribution in [1.29, 1.82) is 0 Å². The smallest absolute Gasteiger partial charge is 0.253 e. The van der Waals surface area contributed by atoms with E-state index in [2.05, 4.69) is 72.4 Å². The van der Waals surface area contributed by atoms with E-state index >= 15 is 0 Å². The molecule has 0 aliphatic carbocycles. The summed E-state index contributed by atoms with van der Waals surface area (Å²) in [5.41, 5.74) is 6.26. The molecular formula is C25H31N3O. The summed E-state index contributed by atoms with van der Waals surface area (Å²) in [4.78, 5) is 18.1. The Kier molecular flexibility index (Phi) is 5.35. The summed E-state index contributed by atoms with van der Waals surface area (Å²) in [7, 11) is 0. The first-order valence-corrected chi connectivity index (χ1v) is 10.6. The number of nitrogens with zero attached hydrogens (tertiary/aromatic N) is 1. The molecule has 29 heavy (non-hydrogen) atoms. The van der Waals surface area contributed by atoms with Crippen molar-refractivity contribution >= 4 is 22.3 Å². The highest BCUT2D eigenvalue weighted by Crippen LogP contribution is 2.27. The molecule has 1 aromatic heterocycles. The van der Waals surface area contributed by atoms with Crippen molar-refractivity contribution in [3.05, 3.63) is 69.5 Å². The summed E-state index contributed by atoms with van der Waals surface area (Å²) < 4.78 is 0. The summed E-state index contributed by atoms with van der Waals surface area (Å²) in [5, 5.41) is 4.53. The quantitative estimate of drug-likeness (QED) is 0.641. The number of benzene rings is 2. The Morgan fingerprint density at radius 3 is 2.34 bits per heavy atom. The number of pyridine rings is 1. The molecule has 2 atom stereocenters. The Morgan fingerprint density at radius 2 is 1.66 bits per heavy atom. The molecular weight excluding hydrogens is 358 g/mol. The van der Waals surface area contributed by atoms with Gasteiger partial charge in [0.1, 0.15) is 0 Å². The fraction of sp³-hybridized carbons (Fsp3) is 0.400. The van der Waals surface area contributed by atoms with Crippen molar-refractivity contribution in [3.8, 4) is 0 Å². The van der Waals surface area contributed by atoms with Crippen LogP contribution in [0.3, 0.4) is 0 Å². The van der Waals surface area contributed by atoms with Gasteiger partial charge in [-0.1, -0.05) is 26.0 Å². The lowest BCUT2D eigenvalue weighted by molar-refractivity contribution is 0.357. The molecule has 2 heterocycles. The average molecular weight is 390 g/mol. The Hall–Kier alpha value is -2.75. The monoisotopic (exact) mass is 389 g/mol. The second-order valence-electron chi connectivity index (χ2n) is 8.86. The second kappa shape index (κ2) is 7.94. The molecule has 0 bridgehead atoms. The number of piperidine rings is 1. The highest BCUT2D eigenvalue weighted by atomic mass is 16.1. The van der Waals surface area contributed by atoms with Crippen LogP contribution in [0.4, 0.5) is 11.4 Å². The lowest BCUT2D eigenvalue weighted by Gasteiger charge is -2.36. The molecule has 2 aromatic carbocycles. The maximum atomic E-state index is 12.5. The molecule has 4 nitrogen and oxygen atoms in total. The van der Waals surface area contributed by atoms with Gasteiger partial charge in [0.15, 0.2) is 0 Å². The summed E-state index contributed by atoms with van der Waals surface area (Å²) in [6, 6.07) is 14.8. The van der Waals surface area contributed by atoms with Crippen LogP contribution in [0.1, 0.15) is 37.0 Å². The number of anilines is 2. The van der Waals surface area contributed by atoms with Crippen molar-refractivity contribution in [2.24, 2.45) is 11.8 Å². The number of hydrogen-bond acceptors (Lipinski definition) is 3. The van der Waals surface area contributed by atoms with E-state index in [0.29, 0.717) is 6.54 Å². The van der Waals surface area contributed by atoms with Gasteiger partial charge >= 0.3 is 0 Å². The molecule has 4 rings (SSSR count). The highest BCUT2D eigenvalue weighted by Gasteiger charge is 2.21. The Bertz CT molecular complexity index is 1060.